The predicted octanol–water partition coefficient (Wildman–Crippen LogP) is 1.89. The van der Waals surface area contributed by atoms with Gasteiger partial charge in [0.05, 0.1) is 11.6 Å². The Balaban J connectivity index is 2.13. The highest BCUT2D eigenvalue weighted by atomic mass is 19.1. The number of rotatable bonds is 4. The number of likely N-dealkylation sites (N-methyl/N-ethyl adjacent to an activating group) is 1. The van der Waals surface area contributed by atoms with Gasteiger partial charge >= 0.3 is 6.03 Å². The van der Waals surface area contributed by atoms with Crippen molar-refractivity contribution in [2.75, 3.05) is 20.1 Å². The Hall–Kier alpha value is -1.62. The van der Waals surface area contributed by atoms with Gasteiger partial charge in [-0.25, -0.2) is 9.18 Å². The van der Waals surface area contributed by atoms with E-state index in [0.717, 1.165) is 12.1 Å². The molecular weight excluding hydrogens is 245 g/mol. The third kappa shape index (κ3) is 2.87. The molecule has 5 heteroatoms. The first-order chi connectivity index (χ1) is 8.94. The maximum atomic E-state index is 12.9. The van der Waals surface area contributed by atoms with Crippen LogP contribution in [0, 0.1) is 5.82 Å². The molecule has 1 heterocycles. The van der Waals surface area contributed by atoms with Crippen LogP contribution in [0.15, 0.2) is 24.3 Å². The van der Waals surface area contributed by atoms with Gasteiger partial charge < -0.3 is 15.5 Å². The molecule has 0 bridgehead atoms. The number of nitrogens with zero attached hydrogens (tertiary/aromatic N) is 1. The lowest BCUT2D eigenvalue weighted by molar-refractivity contribution is 0.158. The Bertz CT molecular complexity index is 458. The highest BCUT2D eigenvalue weighted by molar-refractivity contribution is 5.78. The van der Waals surface area contributed by atoms with Gasteiger partial charge in [-0.3, -0.25) is 0 Å². The molecule has 104 valence electrons. The van der Waals surface area contributed by atoms with Gasteiger partial charge in [0.15, 0.2) is 0 Å². The summed E-state index contributed by atoms with van der Waals surface area (Å²) in [5.74, 6) is -0.263. The van der Waals surface area contributed by atoms with Gasteiger partial charge in [-0.15, -0.1) is 0 Å². The molecule has 0 spiro atoms. The molecule has 1 fully saturated rings. The lowest BCUT2D eigenvalue weighted by Gasteiger charge is -2.34. The summed E-state index contributed by atoms with van der Waals surface area (Å²) >= 11 is 0. The van der Waals surface area contributed by atoms with Gasteiger partial charge in [0, 0.05) is 13.1 Å². The van der Waals surface area contributed by atoms with E-state index in [4.69, 9.17) is 0 Å². The summed E-state index contributed by atoms with van der Waals surface area (Å²) in [7, 11) is 1.87. The van der Waals surface area contributed by atoms with Crippen LogP contribution in [-0.4, -0.2) is 36.6 Å². The van der Waals surface area contributed by atoms with Crippen LogP contribution in [-0.2, 0) is 0 Å². The molecule has 0 aromatic heterocycles. The molecular formula is C14H20FN3O. The van der Waals surface area contributed by atoms with E-state index in [1.165, 1.54) is 12.1 Å². The third-order valence-electron chi connectivity index (χ3n) is 3.52. The zero-order valence-electron chi connectivity index (χ0n) is 11.5. The molecule has 0 aliphatic carbocycles. The third-order valence-corrected chi connectivity index (χ3v) is 3.52. The molecule has 4 nitrogen and oxygen atoms in total. The summed E-state index contributed by atoms with van der Waals surface area (Å²) in [5.41, 5.74) is 0.672. The van der Waals surface area contributed by atoms with Crippen LogP contribution in [0.1, 0.15) is 25.5 Å². The lowest BCUT2D eigenvalue weighted by Crippen LogP contribution is -2.51. The molecule has 0 radical (unpaired) electrons. The minimum Gasteiger partial charge on any atom is -0.329 e. The molecule has 1 aromatic rings. The normalized spacial score (nSPS) is 19.7. The van der Waals surface area contributed by atoms with Gasteiger partial charge in [0.1, 0.15) is 5.82 Å². The number of amides is 2. The topological polar surface area (TPSA) is 44.4 Å². The van der Waals surface area contributed by atoms with E-state index >= 15 is 0 Å². The SMILES string of the molecule is CNCC(C)(C)N1CC(c2ccc(F)cc2)NC1=O. The first-order valence-corrected chi connectivity index (χ1v) is 6.42. The van der Waals surface area contributed by atoms with Gasteiger partial charge in [0.25, 0.3) is 0 Å². The average Bonchev–Trinajstić information content (AvgIpc) is 2.73. The van der Waals surface area contributed by atoms with E-state index in [9.17, 15) is 9.18 Å². The minimum atomic E-state index is -0.263. The van der Waals surface area contributed by atoms with E-state index in [-0.39, 0.29) is 23.4 Å². The fraction of sp³-hybridized carbons (Fsp3) is 0.500. The standard InChI is InChI=1S/C14H20FN3O/c1-14(2,9-16-3)18-8-12(17-13(18)19)10-4-6-11(15)7-5-10/h4-7,12,16H,8-9H2,1-3H3,(H,17,19). The number of carbonyl (C=O) groups is 1. The van der Waals surface area contributed by atoms with Crippen molar-refractivity contribution in [2.45, 2.75) is 25.4 Å². The molecule has 1 saturated heterocycles. The molecule has 1 aliphatic rings. The van der Waals surface area contributed by atoms with Crippen LogP contribution >= 0.6 is 0 Å². The van der Waals surface area contributed by atoms with Crippen molar-refractivity contribution in [1.29, 1.82) is 0 Å². The molecule has 0 saturated carbocycles. The summed E-state index contributed by atoms with van der Waals surface area (Å²) in [4.78, 5) is 13.9. The fourth-order valence-corrected chi connectivity index (χ4v) is 2.47. The fourth-order valence-electron chi connectivity index (χ4n) is 2.47. The van der Waals surface area contributed by atoms with Gasteiger partial charge in [-0.05, 0) is 38.6 Å². The van der Waals surface area contributed by atoms with Crippen LogP contribution in [0.5, 0.6) is 0 Å². The predicted molar refractivity (Wildman–Crippen MR) is 72.4 cm³/mol. The summed E-state index contributed by atoms with van der Waals surface area (Å²) in [6.45, 7) is 5.36. The summed E-state index contributed by atoms with van der Waals surface area (Å²) in [6.07, 6.45) is 0. The molecule has 1 aliphatic heterocycles. The van der Waals surface area contributed by atoms with Crippen LogP contribution in [0.2, 0.25) is 0 Å². The van der Waals surface area contributed by atoms with Crippen LogP contribution in [0.4, 0.5) is 9.18 Å². The molecule has 1 atom stereocenters. The number of benzene rings is 1. The number of hydrogen-bond acceptors (Lipinski definition) is 2. The van der Waals surface area contributed by atoms with Crippen molar-refractivity contribution in [3.05, 3.63) is 35.6 Å². The molecule has 19 heavy (non-hydrogen) atoms. The van der Waals surface area contributed by atoms with E-state index in [2.05, 4.69) is 10.6 Å². The zero-order chi connectivity index (χ0) is 14.0. The summed E-state index contributed by atoms with van der Waals surface area (Å²) < 4.78 is 12.9. The number of urea groups is 1. The number of halogens is 1. The molecule has 1 unspecified atom stereocenters. The van der Waals surface area contributed by atoms with Crippen LogP contribution < -0.4 is 10.6 Å². The first-order valence-electron chi connectivity index (χ1n) is 6.42. The first kappa shape index (κ1) is 13.8. The largest absolute Gasteiger partial charge is 0.329 e. The average molecular weight is 265 g/mol. The number of nitrogens with one attached hydrogen (secondary N) is 2. The van der Waals surface area contributed by atoms with E-state index in [1.54, 1.807) is 12.1 Å². The summed E-state index contributed by atoms with van der Waals surface area (Å²) in [6, 6.07) is 6.12. The smallest absolute Gasteiger partial charge is 0.318 e. The van der Waals surface area contributed by atoms with Crippen molar-refractivity contribution in [3.63, 3.8) is 0 Å². The van der Waals surface area contributed by atoms with Crippen molar-refractivity contribution in [3.8, 4) is 0 Å². The maximum Gasteiger partial charge on any atom is 0.318 e. The molecule has 2 rings (SSSR count). The van der Waals surface area contributed by atoms with Crippen LogP contribution in [0.25, 0.3) is 0 Å². The Labute approximate surface area is 113 Å². The second kappa shape index (κ2) is 5.17. The number of hydrogen-bond donors (Lipinski definition) is 2. The van der Waals surface area contributed by atoms with E-state index in [0.29, 0.717) is 6.54 Å². The second-order valence-electron chi connectivity index (χ2n) is 5.51. The van der Waals surface area contributed by atoms with Crippen molar-refractivity contribution in [1.82, 2.24) is 15.5 Å². The molecule has 2 N–H and O–H groups in total. The Morgan fingerprint density at radius 3 is 2.63 bits per heavy atom. The van der Waals surface area contributed by atoms with Gasteiger partial charge in [0.2, 0.25) is 0 Å². The quantitative estimate of drug-likeness (QED) is 0.873. The highest BCUT2D eigenvalue weighted by Crippen LogP contribution is 2.26. The zero-order valence-corrected chi connectivity index (χ0v) is 11.5. The highest BCUT2D eigenvalue weighted by Gasteiger charge is 2.38. The second-order valence-corrected chi connectivity index (χ2v) is 5.51. The summed E-state index contributed by atoms with van der Waals surface area (Å²) in [5, 5.41) is 6.04. The number of carbonyl (C=O) groups excluding carboxylic acids is 1. The molecule has 2 amide bonds. The van der Waals surface area contributed by atoms with E-state index < -0.39 is 0 Å². The Morgan fingerprint density at radius 2 is 2.05 bits per heavy atom. The molecule has 1 aromatic carbocycles. The van der Waals surface area contributed by atoms with Crippen molar-refractivity contribution in [2.24, 2.45) is 0 Å². The van der Waals surface area contributed by atoms with Gasteiger partial charge in [-0.2, -0.15) is 0 Å². The monoisotopic (exact) mass is 265 g/mol. The van der Waals surface area contributed by atoms with Crippen molar-refractivity contribution < 1.29 is 9.18 Å². The lowest BCUT2D eigenvalue weighted by atomic mass is 10.0. The van der Waals surface area contributed by atoms with Gasteiger partial charge in [-0.1, -0.05) is 12.1 Å². The van der Waals surface area contributed by atoms with Crippen molar-refractivity contribution >= 4 is 6.03 Å². The minimum absolute atomic E-state index is 0.0745. The van der Waals surface area contributed by atoms with E-state index in [1.807, 2.05) is 25.8 Å². The van der Waals surface area contributed by atoms with Crippen LogP contribution in [0.3, 0.4) is 0 Å². The Morgan fingerprint density at radius 1 is 1.42 bits per heavy atom. The Kier molecular flexibility index (Phi) is 3.75. The maximum absolute atomic E-state index is 12.9.